The lowest BCUT2D eigenvalue weighted by Gasteiger charge is -2.37. The SMILES string of the molecule is CCN1CCC(N(C)c2ncnc3ccc(N)cc23)CC1. The van der Waals surface area contributed by atoms with Gasteiger partial charge in [0.15, 0.2) is 0 Å². The molecule has 1 saturated heterocycles. The van der Waals surface area contributed by atoms with Gasteiger partial charge in [0.2, 0.25) is 0 Å². The summed E-state index contributed by atoms with van der Waals surface area (Å²) in [6, 6.07) is 6.36. The van der Waals surface area contributed by atoms with E-state index < -0.39 is 0 Å². The van der Waals surface area contributed by atoms with E-state index in [0.29, 0.717) is 6.04 Å². The molecule has 0 aliphatic carbocycles. The third kappa shape index (κ3) is 2.78. The lowest BCUT2D eigenvalue weighted by molar-refractivity contribution is 0.220. The molecule has 0 saturated carbocycles. The Kier molecular flexibility index (Phi) is 3.92. The van der Waals surface area contributed by atoms with Crippen LogP contribution in [0.25, 0.3) is 10.9 Å². The molecule has 2 N–H and O–H groups in total. The molecule has 112 valence electrons. The Bertz CT molecular complexity index is 619. The zero-order chi connectivity index (χ0) is 14.8. The first kappa shape index (κ1) is 14.1. The van der Waals surface area contributed by atoms with Gasteiger partial charge in [-0.15, -0.1) is 0 Å². The van der Waals surface area contributed by atoms with Crippen LogP contribution in [0.4, 0.5) is 11.5 Å². The van der Waals surface area contributed by atoms with Gasteiger partial charge in [-0.2, -0.15) is 0 Å². The van der Waals surface area contributed by atoms with Crippen molar-refractivity contribution in [2.75, 3.05) is 37.3 Å². The average Bonchev–Trinajstić information content (AvgIpc) is 2.53. The number of benzene rings is 1. The van der Waals surface area contributed by atoms with Crippen LogP contribution in [-0.4, -0.2) is 47.6 Å². The van der Waals surface area contributed by atoms with Crippen molar-refractivity contribution < 1.29 is 0 Å². The smallest absolute Gasteiger partial charge is 0.139 e. The summed E-state index contributed by atoms with van der Waals surface area (Å²) in [4.78, 5) is 13.6. The van der Waals surface area contributed by atoms with Gasteiger partial charge in [0.1, 0.15) is 12.1 Å². The molecule has 21 heavy (non-hydrogen) atoms. The van der Waals surface area contributed by atoms with Crippen LogP contribution in [0.5, 0.6) is 0 Å². The number of rotatable bonds is 3. The Balaban J connectivity index is 1.88. The van der Waals surface area contributed by atoms with Gasteiger partial charge in [-0.25, -0.2) is 9.97 Å². The molecule has 3 rings (SSSR count). The first-order chi connectivity index (χ1) is 10.2. The maximum atomic E-state index is 5.93. The van der Waals surface area contributed by atoms with Crippen molar-refractivity contribution in [2.24, 2.45) is 0 Å². The number of anilines is 2. The van der Waals surface area contributed by atoms with Gasteiger partial charge in [-0.1, -0.05) is 6.92 Å². The van der Waals surface area contributed by atoms with Crippen LogP contribution in [0.1, 0.15) is 19.8 Å². The third-order valence-corrected chi connectivity index (χ3v) is 4.52. The molecular formula is C16H23N5. The molecule has 0 unspecified atom stereocenters. The van der Waals surface area contributed by atoms with Crippen molar-refractivity contribution in [3.63, 3.8) is 0 Å². The van der Waals surface area contributed by atoms with Gasteiger partial charge in [0, 0.05) is 37.3 Å². The molecule has 1 aliphatic heterocycles. The lowest BCUT2D eigenvalue weighted by Crippen LogP contribution is -2.43. The molecule has 0 amide bonds. The molecular weight excluding hydrogens is 262 g/mol. The maximum absolute atomic E-state index is 5.93. The van der Waals surface area contributed by atoms with E-state index >= 15 is 0 Å². The number of aromatic nitrogens is 2. The molecule has 5 nitrogen and oxygen atoms in total. The number of likely N-dealkylation sites (tertiary alicyclic amines) is 1. The van der Waals surface area contributed by atoms with Crippen LogP contribution in [-0.2, 0) is 0 Å². The second-order valence-corrected chi connectivity index (χ2v) is 5.75. The summed E-state index contributed by atoms with van der Waals surface area (Å²) in [5.74, 6) is 0.988. The molecule has 0 radical (unpaired) electrons. The highest BCUT2D eigenvalue weighted by Crippen LogP contribution is 2.27. The van der Waals surface area contributed by atoms with Crippen LogP contribution >= 0.6 is 0 Å². The van der Waals surface area contributed by atoms with E-state index in [2.05, 4.69) is 33.7 Å². The fraction of sp³-hybridized carbons (Fsp3) is 0.500. The average molecular weight is 285 g/mol. The summed E-state index contributed by atoms with van der Waals surface area (Å²) in [5, 5.41) is 1.04. The quantitative estimate of drug-likeness (QED) is 0.876. The normalized spacial score (nSPS) is 17.2. The topological polar surface area (TPSA) is 58.3 Å². The Morgan fingerprint density at radius 2 is 2.05 bits per heavy atom. The Morgan fingerprint density at radius 3 is 2.76 bits per heavy atom. The zero-order valence-electron chi connectivity index (χ0n) is 12.8. The van der Waals surface area contributed by atoms with Gasteiger partial charge in [0.05, 0.1) is 5.52 Å². The van der Waals surface area contributed by atoms with Crippen LogP contribution in [0.3, 0.4) is 0 Å². The number of nitrogen functional groups attached to an aromatic ring is 1. The molecule has 1 fully saturated rings. The molecule has 1 aromatic heterocycles. The van der Waals surface area contributed by atoms with Crippen molar-refractivity contribution in [1.29, 1.82) is 0 Å². The highest BCUT2D eigenvalue weighted by molar-refractivity contribution is 5.91. The van der Waals surface area contributed by atoms with E-state index in [0.717, 1.165) is 42.0 Å². The molecule has 1 aromatic carbocycles. The van der Waals surface area contributed by atoms with Gasteiger partial charge in [0.25, 0.3) is 0 Å². The number of nitrogens with zero attached hydrogens (tertiary/aromatic N) is 4. The summed E-state index contributed by atoms with van der Waals surface area (Å²) in [5.41, 5.74) is 7.63. The minimum Gasteiger partial charge on any atom is -0.399 e. The van der Waals surface area contributed by atoms with E-state index in [9.17, 15) is 0 Å². The zero-order valence-corrected chi connectivity index (χ0v) is 12.8. The Morgan fingerprint density at radius 1 is 1.29 bits per heavy atom. The van der Waals surface area contributed by atoms with E-state index in [-0.39, 0.29) is 0 Å². The van der Waals surface area contributed by atoms with Gasteiger partial charge in [-0.05, 0) is 37.6 Å². The molecule has 0 atom stereocenters. The van der Waals surface area contributed by atoms with Crippen LogP contribution in [0.15, 0.2) is 24.5 Å². The molecule has 1 aliphatic rings. The van der Waals surface area contributed by atoms with Gasteiger partial charge < -0.3 is 15.5 Å². The molecule has 0 spiro atoms. The Labute approximate surface area is 125 Å². The molecule has 0 bridgehead atoms. The third-order valence-electron chi connectivity index (χ3n) is 4.52. The van der Waals surface area contributed by atoms with Gasteiger partial charge >= 0.3 is 0 Å². The van der Waals surface area contributed by atoms with Crippen molar-refractivity contribution in [3.05, 3.63) is 24.5 Å². The highest BCUT2D eigenvalue weighted by Gasteiger charge is 2.23. The standard InChI is InChI=1S/C16H23N5/c1-3-21-8-6-13(7-9-21)20(2)16-14-10-12(17)4-5-15(14)18-11-19-16/h4-5,10-11,13H,3,6-9,17H2,1-2H3. The number of piperidine rings is 1. The van der Waals surface area contributed by atoms with E-state index in [1.54, 1.807) is 6.33 Å². The first-order valence-corrected chi connectivity index (χ1v) is 7.64. The minimum atomic E-state index is 0.535. The second-order valence-electron chi connectivity index (χ2n) is 5.75. The summed E-state index contributed by atoms with van der Waals surface area (Å²) < 4.78 is 0. The van der Waals surface area contributed by atoms with Crippen LogP contribution in [0, 0.1) is 0 Å². The predicted molar refractivity (Wildman–Crippen MR) is 87.5 cm³/mol. The largest absolute Gasteiger partial charge is 0.399 e. The molecule has 2 aromatic rings. The molecule has 5 heteroatoms. The van der Waals surface area contributed by atoms with Crippen LogP contribution < -0.4 is 10.6 Å². The number of nitrogens with two attached hydrogens (primary N) is 1. The summed E-state index contributed by atoms with van der Waals surface area (Å²) in [7, 11) is 2.14. The van der Waals surface area contributed by atoms with Crippen molar-refractivity contribution in [2.45, 2.75) is 25.8 Å². The van der Waals surface area contributed by atoms with Crippen molar-refractivity contribution in [1.82, 2.24) is 14.9 Å². The summed E-state index contributed by atoms with van der Waals surface area (Å²) in [6.07, 6.45) is 4.00. The first-order valence-electron chi connectivity index (χ1n) is 7.64. The second kappa shape index (κ2) is 5.85. The Hall–Kier alpha value is -1.88. The fourth-order valence-corrected chi connectivity index (χ4v) is 3.14. The maximum Gasteiger partial charge on any atom is 0.139 e. The highest BCUT2D eigenvalue weighted by atomic mass is 15.2. The summed E-state index contributed by atoms with van der Waals surface area (Å²) in [6.45, 7) is 5.70. The monoisotopic (exact) mass is 285 g/mol. The van der Waals surface area contributed by atoms with Crippen LogP contribution in [0.2, 0.25) is 0 Å². The van der Waals surface area contributed by atoms with Crippen molar-refractivity contribution in [3.8, 4) is 0 Å². The van der Waals surface area contributed by atoms with E-state index in [1.165, 1.54) is 12.8 Å². The summed E-state index contributed by atoms with van der Waals surface area (Å²) >= 11 is 0. The number of hydrogen-bond donors (Lipinski definition) is 1. The lowest BCUT2D eigenvalue weighted by atomic mass is 10.0. The van der Waals surface area contributed by atoms with Crippen molar-refractivity contribution >= 4 is 22.4 Å². The fourth-order valence-electron chi connectivity index (χ4n) is 3.14. The number of hydrogen-bond acceptors (Lipinski definition) is 5. The molecule has 2 heterocycles. The minimum absolute atomic E-state index is 0.535. The number of fused-ring (bicyclic) bond motifs is 1. The van der Waals surface area contributed by atoms with E-state index in [4.69, 9.17) is 5.73 Å². The van der Waals surface area contributed by atoms with Gasteiger partial charge in [-0.3, -0.25) is 0 Å². The predicted octanol–water partition coefficient (Wildman–Crippen LogP) is 2.13. The van der Waals surface area contributed by atoms with E-state index in [1.807, 2.05) is 18.2 Å².